The van der Waals surface area contributed by atoms with Gasteiger partial charge >= 0.3 is 0 Å². The van der Waals surface area contributed by atoms with Gasteiger partial charge in [0.05, 0.1) is 4.88 Å². The van der Waals surface area contributed by atoms with E-state index >= 15 is 0 Å². The van der Waals surface area contributed by atoms with Gasteiger partial charge in [-0.05, 0) is 60.4 Å². The second kappa shape index (κ2) is 11.0. The molecule has 3 amide bonds. The van der Waals surface area contributed by atoms with Crippen LogP contribution in [-0.2, 0) is 9.59 Å². The van der Waals surface area contributed by atoms with Gasteiger partial charge in [-0.1, -0.05) is 12.0 Å². The topological polar surface area (TPSA) is 108 Å². The number of benzene rings is 1. The number of amides is 3. The van der Waals surface area contributed by atoms with Gasteiger partial charge in [-0.25, -0.2) is 14.3 Å². The third-order valence-electron chi connectivity index (χ3n) is 4.27. The van der Waals surface area contributed by atoms with Gasteiger partial charge in [0.25, 0.3) is 18.2 Å². The third kappa shape index (κ3) is 6.38. The first-order chi connectivity index (χ1) is 15.2. The van der Waals surface area contributed by atoms with E-state index < -0.39 is 35.7 Å². The van der Waals surface area contributed by atoms with E-state index in [2.05, 4.69) is 29.0 Å². The van der Waals surface area contributed by atoms with Crippen LogP contribution >= 0.6 is 11.3 Å². The summed E-state index contributed by atoms with van der Waals surface area (Å²) >= 11 is 1.49. The van der Waals surface area contributed by atoms with Gasteiger partial charge in [-0.15, -0.1) is 11.3 Å². The molecule has 2 atom stereocenters. The van der Waals surface area contributed by atoms with E-state index in [1.165, 1.54) is 41.1 Å². The van der Waals surface area contributed by atoms with Crippen LogP contribution in [0.2, 0.25) is 0 Å². The van der Waals surface area contributed by atoms with Crippen LogP contribution in [-0.4, -0.2) is 40.9 Å². The minimum atomic E-state index is -3.23. The zero-order valence-corrected chi connectivity index (χ0v) is 17.8. The summed E-state index contributed by atoms with van der Waals surface area (Å²) in [4.78, 5) is 36.8. The van der Waals surface area contributed by atoms with Crippen molar-refractivity contribution in [2.75, 3.05) is 0 Å². The van der Waals surface area contributed by atoms with Crippen LogP contribution in [0.5, 0.6) is 0 Å². The number of nitrogens with one attached hydrogen (secondary N) is 3. The molecule has 2 rings (SSSR count). The van der Waals surface area contributed by atoms with Crippen molar-refractivity contribution in [3.05, 3.63) is 57.8 Å². The molecule has 0 fully saturated rings. The molecule has 166 valence electrons. The summed E-state index contributed by atoms with van der Waals surface area (Å²) in [7, 11) is 0. The Morgan fingerprint density at radius 3 is 2.28 bits per heavy atom. The van der Waals surface area contributed by atoms with E-state index in [0.29, 0.717) is 5.56 Å². The summed E-state index contributed by atoms with van der Waals surface area (Å²) in [6.45, 7) is 1.87. The lowest BCUT2D eigenvalue weighted by Gasteiger charge is -2.36. The van der Waals surface area contributed by atoms with Crippen LogP contribution in [0.1, 0.15) is 34.6 Å². The summed E-state index contributed by atoms with van der Waals surface area (Å²) in [6, 6.07) is 7.60. The summed E-state index contributed by atoms with van der Waals surface area (Å²) in [5, 5.41) is 14.9. The molecule has 0 aliphatic heterocycles. The van der Waals surface area contributed by atoms with Crippen molar-refractivity contribution in [3.8, 4) is 23.7 Å². The Balaban J connectivity index is 2.18. The van der Waals surface area contributed by atoms with E-state index in [9.17, 15) is 23.2 Å². The number of halogens is 2. The molecule has 1 aromatic heterocycles. The minimum Gasteiger partial charge on any atom is -0.343 e. The minimum absolute atomic E-state index is 0.0513. The van der Waals surface area contributed by atoms with Crippen molar-refractivity contribution in [1.82, 2.24) is 16.1 Å². The van der Waals surface area contributed by atoms with Gasteiger partial charge in [-0.3, -0.25) is 19.6 Å². The summed E-state index contributed by atoms with van der Waals surface area (Å²) in [6.07, 6.45) is -3.23. The molecule has 1 aromatic carbocycles. The molecule has 7 nitrogen and oxygen atoms in total. The van der Waals surface area contributed by atoms with Crippen molar-refractivity contribution in [1.29, 1.82) is 0 Å². The van der Waals surface area contributed by atoms with Crippen molar-refractivity contribution >= 4 is 29.1 Å². The molecular weight excluding hydrogens is 440 g/mol. The molecule has 0 saturated carbocycles. The highest BCUT2D eigenvalue weighted by Gasteiger charge is 2.48. The lowest BCUT2D eigenvalue weighted by Crippen LogP contribution is -2.68. The van der Waals surface area contributed by atoms with E-state index in [1.807, 2.05) is 22.8 Å². The first-order valence-corrected chi connectivity index (χ1v) is 10.0. The Labute approximate surface area is 187 Å². The maximum absolute atomic E-state index is 13.7. The fourth-order valence-corrected chi connectivity index (χ4v) is 3.22. The van der Waals surface area contributed by atoms with Crippen LogP contribution in [0.4, 0.5) is 8.78 Å². The fourth-order valence-electron chi connectivity index (χ4n) is 2.65. The lowest BCUT2D eigenvalue weighted by molar-refractivity contribution is -0.137. The summed E-state index contributed by atoms with van der Waals surface area (Å²) in [5.74, 6) is 8.05. The number of hydroxylamine groups is 1. The maximum atomic E-state index is 13.7. The second-order valence-corrected chi connectivity index (χ2v) is 7.65. The molecule has 1 heterocycles. The average molecular weight is 459 g/mol. The highest BCUT2D eigenvalue weighted by molar-refractivity contribution is 7.10. The molecule has 0 aliphatic rings. The quantitative estimate of drug-likeness (QED) is 0.301. The highest BCUT2D eigenvalue weighted by Crippen LogP contribution is 2.21. The van der Waals surface area contributed by atoms with Gasteiger partial charge in [0.15, 0.2) is 0 Å². The van der Waals surface area contributed by atoms with Crippen LogP contribution < -0.4 is 16.1 Å². The number of hydrogen-bond acceptors (Lipinski definition) is 5. The van der Waals surface area contributed by atoms with Crippen molar-refractivity contribution in [2.24, 2.45) is 0 Å². The smallest absolute Gasteiger partial charge is 0.268 e. The molecule has 0 saturated heterocycles. The van der Waals surface area contributed by atoms with Crippen molar-refractivity contribution < 1.29 is 28.4 Å². The number of thiophene rings is 1. The van der Waals surface area contributed by atoms with Gasteiger partial charge in [0.2, 0.25) is 5.91 Å². The monoisotopic (exact) mass is 459 g/mol. The molecule has 0 bridgehead atoms. The Bertz CT molecular complexity index is 1100. The zero-order chi connectivity index (χ0) is 23.7. The van der Waals surface area contributed by atoms with Gasteiger partial charge < -0.3 is 10.6 Å². The van der Waals surface area contributed by atoms with E-state index in [4.69, 9.17) is 5.21 Å². The van der Waals surface area contributed by atoms with Gasteiger partial charge in [-0.2, -0.15) is 0 Å². The summed E-state index contributed by atoms with van der Waals surface area (Å²) in [5.41, 5.74) is -0.627. The third-order valence-corrected chi connectivity index (χ3v) is 5.05. The standard InChI is InChI=1S/C22H19F2N3O4S/c1-14(28)26-22(2,21(23)24)18(20(30)27-31)25-19(29)16-11-9-15(10-12-16)6-3-4-7-17-8-5-13-32-17/h5,8-13,18,21,31H,1-2H3,(H,25,29)(H,26,28)(H,27,30). The Kier molecular flexibility index (Phi) is 8.47. The van der Waals surface area contributed by atoms with Crippen LogP contribution in [0, 0.1) is 23.7 Å². The molecule has 32 heavy (non-hydrogen) atoms. The number of rotatable bonds is 6. The number of carbonyl (C=O) groups is 3. The predicted octanol–water partition coefficient (Wildman–Crippen LogP) is 1.91. The van der Waals surface area contributed by atoms with Crippen LogP contribution in [0.3, 0.4) is 0 Å². The molecule has 4 N–H and O–H groups in total. The molecular formula is C22H19F2N3O4S. The SMILES string of the molecule is CC(=O)NC(C)(C(F)F)C(NC(=O)c1ccc(C#CC#Cc2cccs2)cc1)C(=O)NO. The first kappa shape index (κ1) is 24.5. The van der Waals surface area contributed by atoms with Crippen molar-refractivity contribution in [2.45, 2.75) is 31.9 Å². The fraction of sp³-hybridized carbons (Fsp3) is 0.227. The van der Waals surface area contributed by atoms with E-state index in [-0.39, 0.29) is 5.56 Å². The Hall–Kier alpha value is -3.73. The van der Waals surface area contributed by atoms with Crippen molar-refractivity contribution in [3.63, 3.8) is 0 Å². The highest BCUT2D eigenvalue weighted by atomic mass is 32.1. The molecule has 2 unspecified atom stereocenters. The lowest BCUT2D eigenvalue weighted by atomic mass is 9.91. The van der Waals surface area contributed by atoms with E-state index in [1.54, 1.807) is 0 Å². The van der Waals surface area contributed by atoms with Crippen LogP contribution in [0.25, 0.3) is 0 Å². The van der Waals surface area contributed by atoms with E-state index in [0.717, 1.165) is 18.7 Å². The Morgan fingerprint density at radius 2 is 1.75 bits per heavy atom. The largest absolute Gasteiger partial charge is 0.343 e. The zero-order valence-electron chi connectivity index (χ0n) is 17.0. The molecule has 2 aromatic rings. The molecule has 0 radical (unpaired) electrons. The average Bonchev–Trinajstić information content (AvgIpc) is 3.27. The first-order valence-electron chi connectivity index (χ1n) is 9.14. The molecule has 0 aliphatic carbocycles. The second-order valence-electron chi connectivity index (χ2n) is 6.70. The summed E-state index contributed by atoms with van der Waals surface area (Å²) < 4.78 is 27.4. The van der Waals surface area contributed by atoms with Crippen LogP contribution in [0.15, 0.2) is 41.8 Å². The van der Waals surface area contributed by atoms with Gasteiger partial charge in [0.1, 0.15) is 11.6 Å². The normalized spacial score (nSPS) is 12.8. The van der Waals surface area contributed by atoms with Gasteiger partial charge in [0, 0.05) is 18.1 Å². The number of hydrogen-bond donors (Lipinski definition) is 4. The number of alkyl halides is 2. The predicted molar refractivity (Wildman–Crippen MR) is 114 cm³/mol. The molecule has 10 heteroatoms. The maximum Gasteiger partial charge on any atom is 0.268 e. The Morgan fingerprint density at radius 1 is 1.09 bits per heavy atom. The molecule has 0 spiro atoms. The number of carbonyl (C=O) groups excluding carboxylic acids is 3.